The molecule has 0 aliphatic heterocycles. The highest BCUT2D eigenvalue weighted by Crippen LogP contribution is 2.68. The largest absolute Gasteiger partial charge is 0.393 e. The standard InChI is InChI=1S/C27H43NO.C24H41NO/c1-18(9-8-14-25(2,3)28)20-11-12-21-24-22(13-16-27(20,21)5)26(4)15-7-6-10-19(26)17-23(24)29;1-5-12-24(4,25)21-9-8-19-18-7-6-16-15-17(26)10-13-22(16,2)20(18)11-14-23(19,21)3/h6,10,17-18,20-22,24H,7-9,11-16,28H2,1-5H3;6,17-21,26H,5,7-15,25H2,1-4H3/t18-,20-,21+,22+,24+,26+,27-;17-,18-,19-,20-,21-,22-,23-,24-/m10/s1. The lowest BCUT2D eigenvalue weighted by Crippen LogP contribution is -2.55. The molecule has 8 aliphatic rings. The van der Waals surface area contributed by atoms with Gasteiger partial charge < -0.3 is 16.6 Å². The van der Waals surface area contributed by atoms with Crippen LogP contribution in [0, 0.1) is 74.9 Å². The van der Waals surface area contributed by atoms with Gasteiger partial charge in [0.25, 0.3) is 0 Å². The van der Waals surface area contributed by atoms with Crippen LogP contribution in [0.25, 0.3) is 0 Å². The maximum absolute atomic E-state index is 13.3. The molecule has 5 fully saturated rings. The SMILES string of the molecule is CCC[C@](C)(N)[C@H]1CC[C@H]2[C@@H]3CC=C4C[C@@H](O)CC[C@]4(C)[C@H]3CC[C@@]21C.C[C@H](CCCC(C)(C)N)[C@H]1CC[C@H]2[C@@H]3C(=O)C=C4C=CCC[C@]4(C)[C@H]3CC[C@]12C. The Labute approximate surface area is 338 Å². The average Bonchev–Trinajstić information content (AvgIpc) is 3.66. The first-order chi connectivity index (χ1) is 25.8. The summed E-state index contributed by atoms with van der Waals surface area (Å²) in [4.78, 5) is 13.3. The summed E-state index contributed by atoms with van der Waals surface area (Å²) in [6, 6.07) is 0. The average molecular weight is 757 g/mol. The van der Waals surface area contributed by atoms with Crippen molar-refractivity contribution in [2.45, 2.75) is 201 Å². The van der Waals surface area contributed by atoms with Gasteiger partial charge in [-0.25, -0.2) is 0 Å². The molecule has 8 aliphatic carbocycles. The number of rotatable bonds is 8. The van der Waals surface area contributed by atoms with Gasteiger partial charge in [-0.3, -0.25) is 4.79 Å². The molecule has 0 aromatic carbocycles. The Morgan fingerprint density at radius 2 is 1.55 bits per heavy atom. The Morgan fingerprint density at radius 3 is 2.27 bits per heavy atom. The number of carbonyl (C=O) groups excluding carboxylic acids is 1. The summed E-state index contributed by atoms with van der Waals surface area (Å²) in [5.74, 6) is 6.60. The van der Waals surface area contributed by atoms with Crippen LogP contribution in [0.4, 0.5) is 0 Å². The molecule has 0 aromatic rings. The highest BCUT2D eigenvalue weighted by molar-refractivity contribution is 5.95. The molecule has 5 saturated carbocycles. The van der Waals surface area contributed by atoms with Crippen molar-refractivity contribution in [2.75, 3.05) is 0 Å². The molecule has 0 amide bonds. The van der Waals surface area contributed by atoms with E-state index in [2.05, 4.69) is 80.5 Å². The molecular weight excluding hydrogens is 673 g/mol. The predicted molar refractivity (Wildman–Crippen MR) is 230 cm³/mol. The van der Waals surface area contributed by atoms with Crippen molar-refractivity contribution in [1.82, 2.24) is 0 Å². The molecule has 0 unspecified atom stereocenters. The summed E-state index contributed by atoms with van der Waals surface area (Å²) < 4.78 is 0. The fourth-order valence-corrected chi connectivity index (χ4v) is 16.5. The number of ketones is 1. The second-order valence-electron chi connectivity index (χ2n) is 23.3. The van der Waals surface area contributed by atoms with E-state index in [0.717, 1.165) is 55.3 Å². The van der Waals surface area contributed by atoms with E-state index in [4.69, 9.17) is 11.5 Å². The third-order valence-corrected chi connectivity index (χ3v) is 19.4. The fourth-order valence-electron chi connectivity index (χ4n) is 16.5. The van der Waals surface area contributed by atoms with Gasteiger partial charge in [-0.1, -0.05) is 84.6 Å². The second-order valence-corrected chi connectivity index (χ2v) is 23.3. The van der Waals surface area contributed by atoms with Crippen LogP contribution in [-0.4, -0.2) is 28.1 Å². The van der Waals surface area contributed by atoms with Gasteiger partial charge in [0, 0.05) is 17.0 Å². The number of nitrogens with two attached hydrogens (primary N) is 2. The Morgan fingerprint density at radius 1 is 0.836 bits per heavy atom. The van der Waals surface area contributed by atoms with Crippen LogP contribution in [0.2, 0.25) is 0 Å². The van der Waals surface area contributed by atoms with E-state index in [1.807, 2.05) is 6.08 Å². The van der Waals surface area contributed by atoms with E-state index in [1.165, 1.54) is 102 Å². The number of hydrogen-bond donors (Lipinski definition) is 3. The van der Waals surface area contributed by atoms with Crippen LogP contribution in [0.15, 0.2) is 35.5 Å². The molecule has 0 bridgehead atoms. The second kappa shape index (κ2) is 15.1. The maximum Gasteiger partial charge on any atom is 0.159 e. The van der Waals surface area contributed by atoms with Gasteiger partial charge in [0.15, 0.2) is 5.78 Å². The smallest absolute Gasteiger partial charge is 0.159 e. The van der Waals surface area contributed by atoms with Crippen LogP contribution in [0.3, 0.4) is 0 Å². The van der Waals surface area contributed by atoms with Gasteiger partial charge >= 0.3 is 0 Å². The molecule has 4 nitrogen and oxygen atoms in total. The van der Waals surface area contributed by atoms with Crippen LogP contribution >= 0.6 is 0 Å². The lowest BCUT2D eigenvalue weighted by molar-refractivity contribution is -0.133. The molecule has 5 N–H and O–H groups in total. The van der Waals surface area contributed by atoms with E-state index < -0.39 is 0 Å². The zero-order valence-corrected chi connectivity index (χ0v) is 37.0. The summed E-state index contributed by atoms with van der Waals surface area (Å²) in [6.45, 7) is 21.5. The number of allylic oxidation sites excluding steroid dienone is 5. The molecule has 4 heteroatoms. The minimum absolute atomic E-state index is 0.000394. The molecule has 15 atom stereocenters. The van der Waals surface area contributed by atoms with Gasteiger partial charge in [0.2, 0.25) is 0 Å². The van der Waals surface area contributed by atoms with Crippen molar-refractivity contribution < 1.29 is 9.90 Å². The molecule has 0 heterocycles. The third-order valence-electron chi connectivity index (χ3n) is 19.4. The Hall–Kier alpha value is -1.23. The number of aliphatic hydroxyl groups is 1. The minimum atomic E-state index is -0.0948. The summed E-state index contributed by atoms with van der Waals surface area (Å²) in [5.41, 5.74) is 17.3. The molecule has 8 rings (SSSR count). The minimum Gasteiger partial charge on any atom is -0.393 e. The van der Waals surface area contributed by atoms with E-state index in [-0.39, 0.29) is 28.5 Å². The molecule has 0 aromatic heterocycles. The molecular formula is C51H84N2O2. The van der Waals surface area contributed by atoms with E-state index in [1.54, 1.807) is 5.57 Å². The highest BCUT2D eigenvalue weighted by atomic mass is 16.3. The monoisotopic (exact) mass is 757 g/mol. The van der Waals surface area contributed by atoms with Crippen LogP contribution in [0.5, 0.6) is 0 Å². The summed E-state index contributed by atoms with van der Waals surface area (Å²) in [7, 11) is 0. The molecule has 55 heavy (non-hydrogen) atoms. The third kappa shape index (κ3) is 7.27. The molecule has 0 radical (unpaired) electrons. The van der Waals surface area contributed by atoms with Crippen molar-refractivity contribution in [1.29, 1.82) is 0 Å². The Bertz CT molecular complexity index is 1520. The first kappa shape index (κ1) is 41.9. The molecule has 0 spiro atoms. The van der Waals surface area contributed by atoms with Crippen LogP contribution in [0.1, 0.15) is 184 Å². The number of carbonyl (C=O) groups is 1. The van der Waals surface area contributed by atoms with Crippen molar-refractivity contribution in [3.05, 3.63) is 35.5 Å². The van der Waals surface area contributed by atoms with Gasteiger partial charge in [-0.15, -0.1) is 0 Å². The fraction of sp³-hybridized carbons (Fsp3) is 0.863. The van der Waals surface area contributed by atoms with Crippen LogP contribution < -0.4 is 11.5 Å². The lowest BCUT2D eigenvalue weighted by Gasteiger charge is -2.59. The molecule has 310 valence electrons. The maximum atomic E-state index is 13.3. The summed E-state index contributed by atoms with van der Waals surface area (Å²) in [5, 5.41) is 10.2. The van der Waals surface area contributed by atoms with Gasteiger partial charge in [-0.05, 0) is 204 Å². The number of hydrogen-bond acceptors (Lipinski definition) is 4. The van der Waals surface area contributed by atoms with E-state index >= 15 is 0 Å². The van der Waals surface area contributed by atoms with Gasteiger partial charge in [0.05, 0.1) is 6.10 Å². The number of aliphatic hydroxyl groups excluding tert-OH is 1. The van der Waals surface area contributed by atoms with Crippen molar-refractivity contribution in [3.63, 3.8) is 0 Å². The van der Waals surface area contributed by atoms with E-state index in [0.29, 0.717) is 39.8 Å². The van der Waals surface area contributed by atoms with Crippen molar-refractivity contribution in [2.24, 2.45) is 86.4 Å². The van der Waals surface area contributed by atoms with E-state index in [9.17, 15) is 9.90 Å². The lowest BCUT2D eigenvalue weighted by atomic mass is 9.46. The normalized spacial score (nSPS) is 46.3. The molecule has 0 saturated heterocycles. The van der Waals surface area contributed by atoms with Crippen LogP contribution in [-0.2, 0) is 4.79 Å². The number of fused-ring (bicyclic) bond motifs is 10. The Kier molecular flexibility index (Phi) is 11.5. The zero-order valence-electron chi connectivity index (χ0n) is 37.0. The Balaban J connectivity index is 0.000000170. The first-order valence-electron chi connectivity index (χ1n) is 23.7. The zero-order chi connectivity index (χ0) is 39.8. The first-order valence-corrected chi connectivity index (χ1v) is 23.7. The van der Waals surface area contributed by atoms with Gasteiger partial charge in [0.1, 0.15) is 0 Å². The topological polar surface area (TPSA) is 89.3 Å². The summed E-state index contributed by atoms with van der Waals surface area (Å²) >= 11 is 0. The van der Waals surface area contributed by atoms with Crippen molar-refractivity contribution in [3.8, 4) is 0 Å². The summed E-state index contributed by atoms with van der Waals surface area (Å²) in [6.07, 6.45) is 32.4. The van der Waals surface area contributed by atoms with Crippen molar-refractivity contribution >= 4 is 5.78 Å². The van der Waals surface area contributed by atoms with Gasteiger partial charge in [-0.2, -0.15) is 0 Å². The highest BCUT2D eigenvalue weighted by Gasteiger charge is 2.62. The predicted octanol–water partition coefficient (Wildman–Crippen LogP) is 11.9. The quantitative estimate of drug-likeness (QED) is 0.215.